The Labute approximate surface area is 94.9 Å². The van der Waals surface area contributed by atoms with Crippen LogP contribution in [0.5, 0.6) is 0 Å². The van der Waals surface area contributed by atoms with Gasteiger partial charge in [-0.25, -0.2) is 4.98 Å². The molecule has 90 valence electrons. The summed E-state index contributed by atoms with van der Waals surface area (Å²) in [5.74, 6) is 0.340. The summed E-state index contributed by atoms with van der Waals surface area (Å²) < 4.78 is 5.21. The predicted octanol–water partition coefficient (Wildman–Crippen LogP) is 1.18. The lowest BCUT2D eigenvalue weighted by atomic mass is 10.00. The van der Waals surface area contributed by atoms with Crippen LogP contribution in [-0.2, 0) is 0 Å². The van der Waals surface area contributed by atoms with E-state index >= 15 is 0 Å². The summed E-state index contributed by atoms with van der Waals surface area (Å²) in [7, 11) is 0. The van der Waals surface area contributed by atoms with E-state index < -0.39 is 5.54 Å². The molecular formula is C11H18N2O3. The van der Waals surface area contributed by atoms with Crippen molar-refractivity contribution < 1.29 is 14.3 Å². The van der Waals surface area contributed by atoms with E-state index in [9.17, 15) is 9.90 Å². The number of aliphatic hydroxyl groups excluding tert-OH is 1. The largest absolute Gasteiger partial charge is 0.436 e. The normalized spacial score (nSPS) is 14.6. The van der Waals surface area contributed by atoms with Gasteiger partial charge in [-0.05, 0) is 20.3 Å². The fourth-order valence-corrected chi connectivity index (χ4v) is 1.31. The Balaban J connectivity index is 2.84. The Kier molecular flexibility index (Phi) is 3.70. The first-order chi connectivity index (χ1) is 7.41. The number of carbonyl (C=O) groups excluding carboxylic acids is 1. The molecule has 1 aromatic heterocycles. The lowest BCUT2D eigenvalue weighted by Crippen LogP contribution is -2.48. The van der Waals surface area contributed by atoms with Gasteiger partial charge in [0.2, 0.25) is 5.76 Å². The first-order valence-electron chi connectivity index (χ1n) is 5.29. The van der Waals surface area contributed by atoms with Crippen LogP contribution in [0.3, 0.4) is 0 Å². The van der Waals surface area contributed by atoms with Crippen molar-refractivity contribution in [3.63, 3.8) is 0 Å². The molecule has 0 aromatic carbocycles. The SMILES string of the molecule is CCC(C)(CO)NC(=O)c1oc(C)nc1C. The molecule has 0 aliphatic rings. The molecule has 0 bridgehead atoms. The molecule has 1 atom stereocenters. The van der Waals surface area contributed by atoms with Crippen molar-refractivity contribution >= 4 is 5.91 Å². The van der Waals surface area contributed by atoms with E-state index in [1.54, 1.807) is 20.8 Å². The molecule has 16 heavy (non-hydrogen) atoms. The van der Waals surface area contributed by atoms with Gasteiger partial charge >= 0.3 is 0 Å². The summed E-state index contributed by atoms with van der Waals surface area (Å²) >= 11 is 0. The molecule has 0 radical (unpaired) electrons. The summed E-state index contributed by atoms with van der Waals surface area (Å²) in [4.78, 5) is 15.9. The monoisotopic (exact) mass is 226 g/mol. The Morgan fingerprint density at radius 3 is 2.56 bits per heavy atom. The second-order valence-corrected chi connectivity index (χ2v) is 4.17. The maximum absolute atomic E-state index is 11.9. The Morgan fingerprint density at radius 2 is 2.19 bits per heavy atom. The van der Waals surface area contributed by atoms with Crippen LogP contribution in [0.25, 0.3) is 0 Å². The molecule has 0 aliphatic carbocycles. The smallest absolute Gasteiger partial charge is 0.289 e. The maximum Gasteiger partial charge on any atom is 0.289 e. The first kappa shape index (κ1) is 12.7. The van der Waals surface area contributed by atoms with Crippen LogP contribution in [0.2, 0.25) is 0 Å². The van der Waals surface area contributed by atoms with Crippen molar-refractivity contribution in [1.82, 2.24) is 10.3 Å². The zero-order valence-electron chi connectivity index (χ0n) is 10.1. The van der Waals surface area contributed by atoms with Gasteiger partial charge in [0.05, 0.1) is 17.8 Å². The number of aromatic nitrogens is 1. The Hall–Kier alpha value is -1.36. The van der Waals surface area contributed by atoms with Crippen molar-refractivity contribution in [3.8, 4) is 0 Å². The van der Waals surface area contributed by atoms with Gasteiger partial charge in [-0.15, -0.1) is 0 Å². The minimum Gasteiger partial charge on any atom is -0.436 e. The van der Waals surface area contributed by atoms with Crippen molar-refractivity contribution in [2.75, 3.05) is 6.61 Å². The Bertz CT molecular complexity index is 381. The van der Waals surface area contributed by atoms with Crippen molar-refractivity contribution in [3.05, 3.63) is 17.3 Å². The van der Waals surface area contributed by atoms with E-state index in [1.165, 1.54) is 0 Å². The van der Waals surface area contributed by atoms with E-state index in [2.05, 4.69) is 10.3 Å². The zero-order chi connectivity index (χ0) is 12.3. The number of hydrogen-bond acceptors (Lipinski definition) is 4. The molecular weight excluding hydrogens is 208 g/mol. The quantitative estimate of drug-likeness (QED) is 0.808. The van der Waals surface area contributed by atoms with E-state index in [4.69, 9.17) is 4.42 Å². The highest BCUT2D eigenvalue weighted by molar-refractivity contribution is 5.92. The lowest BCUT2D eigenvalue weighted by Gasteiger charge is -2.26. The number of nitrogens with one attached hydrogen (secondary N) is 1. The summed E-state index contributed by atoms with van der Waals surface area (Å²) in [6.07, 6.45) is 0.640. The number of aryl methyl sites for hydroxylation is 2. The number of hydrogen-bond donors (Lipinski definition) is 2. The molecule has 5 nitrogen and oxygen atoms in total. The number of rotatable bonds is 4. The molecule has 1 aromatic rings. The number of oxazole rings is 1. The lowest BCUT2D eigenvalue weighted by molar-refractivity contribution is 0.0817. The standard InChI is InChI=1S/C11H18N2O3/c1-5-11(4,6-14)13-10(15)9-7(2)12-8(3)16-9/h14H,5-6H2,1-4H3,(H,13,15). The molecule has 1 heterocycles. The molecule has 1 amide bonds. The fourth-order valence-electron chi connectivity index (χ4n) is 1.31. The first-order valence-corrected chi connectivity index (χ1v) is 5.29. The number of amides is 1. The molecule has 0 saturated carbocycles. The Morgan fingerprint density at radius 1 is 1.56 bits per heavy atom. The molecule has 2 N–H and O–H groups in total. The van der Waals surface area contributed by atoms with Gasteiger partial charge in [-0.2, -0.15) is 0 Å². The summed E-state index contributed by atoms with van der Waals surface area (Å²) in [5.41, 5.74) is -0.0593. The molecule has 0 aliphatic heterocycles. The van der Waals surface area contributed by atoms with Crippen LogP contribution in [0.4, 0.5) is 0 Å². The average Bonchev–Trinajstić information content (AvgIpc) is 2.57. The molecule has 0 fully saturated rings. The van der Waals surface area contributed by atoms with Crippen LogP contribution in [0, 0.1) is 13.8 Å². The third-order valence-electron chi connectivity index (χ3n) is 2.65. The van der Waals surface area contributed by atoms with Crippen molar-refractivity contribution in [1.29, 1.82) is 0 Å². The van der Waals surface area contributed by atoms with Gasteiger partial charge in [0.1, 0.15) is 0 Å². The van der Waals surface area contributed by atoms with E-state index in [0.29, 0.717) is 18.0 Å². The highest BCUT2D eigenvalue weighted by Gasteiger charge is 2.26. The highest BCUT2D eigenvalue weighted by atomic mass is 16.4. The zero-order valence-corrected chi connectivity index (χ0v) is 10.1. The molecule has 5 heteroatoms. The third kappa shape index (κ3) is 2.61. The van der Waals surface area contributed by atoms with Gasteiger partial charge in [0.25, 0.3) is 5.91 Å². The maximum atomic E-state index is 11.9. The molecule has 0 saturated heterocycles. The second-order valence-electron chi connectivity index (χ2n) is 4.17. The van der Waals surface area contributed by atoms with Crippen molar-refractivity contribution in [2.45, 2.75) is 39.7 Å². The van der Waals surface area contributed by atoms with Crippen LogP contribution in [0.1, 0.15) is 42.4 Å². The fraction of sp³-hybridized carbons (Fsp3) is 0.636. The van der Waals surface area contributed by atoms with Crippen LogP contribution >= 0.6 is 0 Å². The number of aliphatic hydroxyl groups is 1. The van der Waals surface area contributed by atoms with E-state index in [0.717, 1.165) is 0 Å². The molecule has 0 spiro atoms. The van der Waals surface area contributed by atoms with Crippen molar-refractivity contribution in [2.24, 2.45) is 0 Å². The molecule has 1 unspecified atom stereocenters. The minimum absolute atomic E-state index is 0.110. The van der Waals surface area contributed by atoms with Crippen LogP contribution in [0.15, 0.2) is 4.42 Å². The van der Waals surface area contributed by atoms with E-state index in [-0.39, 0.29) is 18.3 Å². The summed E-state index contributed by atoms with van der Waals surface area (Å²) in [5, 5.41) is 11.9. The van der Waals surface area contributed by atoms with Gasteiger partial charge in [-0.3, -0.25) is 4.79 Å². The predicted molar refractivity (Wildman–Crippen MR) is 59.2 cm³/mol. The highest BCUT2D eigenvalue weighted by Crippen LogP contribution is 2.13. The second kappa shape index (κ2) is 4.65. The van der Waals surface area contributed by atoms with Gasteiger partial charge < -0.3 is 14.8 Å². The van der Waals surface area contributed by atoms with Crippen LogP contribution < -0.4 is 5.32 Å². The van der Waals surface area contributed by atoms with E-state index in [1.807, 2.05) is 6.92 Å². The van der Waals surface area contributed by atoms with Crippen LogP contribution in [-0.4, -0.2) is 28.1 Å². The minimum atomic E-state index is -0.621. The summed E-state index contributed by atoms with van der Waals surface area (Å²) in [6, 6.07) is 0. The van der Waals surface area contributed by atoms with Gasteiger partial charge in [0, 0.05) is 6.92 Å². The van der Waals surface area contributed by atoms with Gasteiger partial charge in [-0.1, -0.05) is 6.92 Å². The third-order valence-corrected chi connectivity index (χ3v) is 2.65. The topological polar surface area (TPSA) is 75.4 Å². The molecule has 1 rings (SSSR count). The number of nitrogens with zero attached hydrogens (tertiary/aromatic N) is 1. The van der Waals surface area contributed by atoms with Gasteiger partial charge in [0.15, 0.2) is 5.89 Å². The average molecular weight is 226 g/mol. The number of carbonyl (C=O) groups is 1. The summed E-state index contributed by atoms with van der Waals surface area (Å²) in [6.45, 7) is 6.97.